The SMILES string of the molecule is CF.COC(=O)C1=C(C(=O)OC)C2([C@H](Nc3ccccc3)c3ccc(C)cc3)C=C[C@@H]1O2. The Bertz CT molecular complexity index is 1030. The minimum Gasteiger partial charge on any atom is -0.466 e. The normalized spacial score (nSPS) is 21.5. The van der Waals surface area contributed by atoms with Crippen molar-refractivity contribution in [3.8, 4) is 0 Å². The van der Waals surface area contributed by atoms with E-state index in [9.17, 15) is 14.0 Å². The molecule has 2 aliphatic heterocycles. The van der Waals surface area contributed by atoms with Crippen LogP contribution in [0.4, 0.5) is 10.1 Å². The molecule has 1 unspecified atom stereocenters. The molecule has 0 fully saturated rings. The third-order valence-corrected chi connectivity index (χ3v) is 5.50. The van der Waals surface area contributed by atoms with E-state index in [0.717, 1.165) is 16.8 Å². The zero-order valence-corrected chi connectivity index (χ0v) is 18.4. The smallest absolute Gasteiger partial charge is 0.337 e. The van der Waals surface area contributed by atoms with Crippen molar-refractivity contribution in [1.82, 2.24) is 0 Å². The number of hydrogen-bond donors (Lipinski definition) is 1. The van der Waals surface area contributed by atoms with E-state index in [-0.39, 0.29) is 11.1 Å². The first-order valence-electron chi connectivity index (χ1n) is 10.0. The highest BCUT2D eigenvalue weighted by Crippen LogP contribution is 2.51. The van der Waals surface area contributed by atoms with Crippen molar-refractivity contribution in [2.45, 2.75) is 24.7 Å². The highest BCUT2D eigenvalue weighted by molar-refractivity contribution is 6.05. The minimum absolute atomic E-state index is 0.165. The van der Waals surface area contributed by atoms with Crippen LogP contribution >= 0.6 is 0 Å². The highest BCUT2D eigenvalue weighted by atomic mass is 19.1. The van der Waals surface area contributed by atoms with Gasteiger partial charge in [0.05, 0.1) is 38.6 Å². The van der Waals surface area contributed by atoms with E-state index >= 15 is 0 Å². The van der Waals surface area contributed by atoms with Crippen molar-refractivity contribution < 1.29 is 28.2 Å². The summed E-state index contributed by atoms with van der Waals surface area (Å²) >= 11 is 0. The summed E-state index contributed by atoms with van der Waals surface area (Å²) in [5, 5.41) is 3.49. The molecule has 0 saturated carbocycles. The van der Waals surface area contributed by atoms with Gasteiger partial charge < -0.3 is 19.5 Å². The number of carbonyl (C=O) groups is 2. The van der Waals surface area contributed by atoms with E-state index in [4.69, 9.17) is 14.2 Å². The van der Waals surface area contributed by atoms with Crippen LogP contribution < -0.4 is 5.32 Å². The van der Waals surface area contributed by atoms with Gasteiger partial charge in [-0.25, -0.2) is 9.59 Å². The van der Waals surface area contributed by atoms with Crippen molar-refractivity contribution in [3.63, 3.8) is 0 Å². The van der Waals surface area contributed by atoms with Crippen molar-refractivity contribution in [2.75, 3.05) is 26.7 Å². The second-order valence-corrected chi connectivity index (χ2v) is 7.32. The Morgan fingerprint density at radius 1 is 1.00 bits per heavy atom. The van der Waals surface area contributed by atoms with E-state index < -0.39 is 29.7 Å². The van der Waals surface area contributed by atoms with Crippen LogP contribution in [0.2, 0.25) is 0 Å². The number of hydrogen-bond acceptors (Lipinski definition) is 6. The number of aryl methyl sites for hydroxylation is 1. The summed E-state index contributed by atoms with van der Waals surface area (Å²) < 4.78 is 25.8. The van der Waals surface area contributed by atoms with Gasteiger partial charge in [0, 0.05) is 5.69 Å². The van der Waals surface area contributed by atoms with Crippen LogP contribution in [0.3, 0.4) is 0 Å². The Morgan fingerprint density at radius 2 is 1.62 bits per heavy atom. The lowest BCUT2D eigenvalue weighted by atomic mass is 9.78. The maximum Gasteiger partial charge on any atom is 0.337 e. The number of carbonyl (C=O) groups excluding carboxylic acids is 2. The van der Waals surface area contributed by atoms with Gasteiger partial charge >= 0.3 is 11.9 Å². The van der Waals surface area contributed by atoms with E-state index in [1.807, 2.05) is 67.6 Å². The molecule has 168 valence electrons. The largest absolute Gasteiger partial charge is 0.466 e. The van der Waals surface area contributed by atoms with Gasteiger partial charge in [0.1, 0.15) is 11.7 Å². The number of para-hydroxylation sites is 1. The van der Waals surface area contributed by atoms with E-state index in [2.05, 4.69) is 5.32 Å². The number of alkyl halides is 1. The molecule has 3 atom stereocenters. The van der Waals surface area contributed by atoms with Gasteiger partial charge in [-0.1, -0.05) is 54.1 Å². The highest BCUT2D eigenvalue weighted by Gasteiger charge is 2.58. The van der Waals surface area contributed by atoms with Gasteiger partial charge in [0.15, 0.2) is 0 Å². The fraction of sp³-hybridized carbons (Fsp3) is 0.280. The molecule has 2 aliphatic rings. The lowest BCUT2D eigenvalue weighted by Gasteiger charge is -2.36. The monoisotopic (exact) mass is 439 g/mol. The van der Waals surface area contributed by atoms with Crippen LogP contribution in [-0.4, -0.2) is 45.0 Å². The Balaban J connectivity index is 0.00000141. The van der Waals surface area contributed by atoms with Crippen LogP contribution in [0.25, 0.3) is 0 Å². The standard InChI is InChI=1S/C24H23NO5.CH3F/c1-15-9-11-16(12-10-15)21(25-17-7-5-4-6-8-17)24-14-13-18(30-24)19(22(26)28-2)20(24)23(27)29-3;1-2/h4-14,18,21,25H,1-3H3;1H3/t18-,21+,24?;/m0./s1. The minimum atomic E-state index is -1.22. The average Bonchev–Trinajstić information content (AvgIpc) is 3.42. The van der Waals surface area contributed by atoms with Gasteiger partial charge in [-0.2, -0.15) is 0 Å². The van der Waals surface area contributed by atoms with Gasteiger partial charge in [0.2, 0.25) is 0 Å². The molecule has 2 bridgehead atoms. The van der Waals surface area contributed by atoms with E-state index in [1.54, 1.807) is 6.08 Å². The third kappa shape index (κ3) is 4.03. The first kappa shape index (κ1) is 23.2. The fourth-order valence-electron chi connectivity index (χ4n) is 4.08. The fourth-order valence-corrected chi connectivity index (χ4v) is 4.08. The molecule has 7 heteroatoms. The molecule has 0 radical (unpaired) electrons. The van der Waals surface area contributed by atoms with Crippen LogP contribution in [0, 0.1) is 6.92 Å². The molecular formula is C25H26FNO5. The maximum atomic E-state index is 12.9. The lowest BCUT2D eigenvalue weighted by molar-refractivity contribution is -0.139. The molecule has 2 aromatic rings. The number of esters is 2. The number of fused-ring (bicyclic) bond motifs is 2. The zero-order valence-electron chi connectivity index (χ0n) is 18.4. The van der Waals surface area contributed by atoms with Crippen LogP contribution in [0.5, 0.6) is 0 Å². The molecule has 0 aromatic heterocycles. The van der Waals surface area contributed by atoms with Crippen molar-refractivity contribution in [1.29, 1.82) is 0 Å². The summed E-state index contributed by atoms with van der Waals surface area (Å²) in [7, 11) is 3.07. The van der Waals surface area contributed by atoms with Crippen molar-refractivity contribution >= 4 is 17.6 Å². The number of rotatable bonds is 6. The molecule has 1 N–H and O–H groups in total. The number of methoxy groups -OCH3 is 2. The number of benzene rings is 2. The third-order valence-electron chi connectivity index (χ3n) is 5.50. The van der Waals surface area contributed by atoms with Crippen LogP contribution in [0.1, 0.15) is 17.2 Å². The molecule has 2 heterocycles. The molecule has 4 rings (SSSR count). The number of nitrogens with one attached hydrogen (secondary N) is 1. The van der Waals surface area contributed by atoms with Crippen molar-refractivity contribution in [2.24, 2.45) is 0 Å². The Kier molecular flexibility index (Phi) is 7.10. The van der Waals surface area contributed by atoms with Gasteiger partial charge in [-0.3, -0.25) is 4.39 Å². The zero-order chi connectivity index (χ0) is 23.3. The summed E-state index contributed by atoms with van der Waals surface area (Å²) in [5.74, 6) is -1.22. The van der Waals surface area contributed by atoms with Gasteiger partial charge in [-0.05, 0) is 30.7 Å². The summed E-state index contributed by atoms with van der Waals surface area (Å²) in [6.07, 6.45) is 2.95. The predicted octanol–water partition coefficient (Wildman–Crippen LogP) is 4.08. The number of halogens is 1. The van der Waals surface area contributed by atoms with E-state index in [0.29, 0.717) is 7.18 Å². The molecule has 2 aromatic carbocycles. The average molecular weight is 439 g/mol. The van der Waals surface area contributed by atoms with E-state index in [1.165, 1.54) is 14.2 Å². The van der Waals surface area contributed by atoms with Crippen molar-refractivity contribution in [3.05, 3.63) is 89.0 Å². The number of anilines is 1. The first-order valence-corrected chi connectivity index (χ1v) is 10.0. The molecule has 6 nitrogen and oxygen atoms in total. The summed E-state index contributed by atoms with van der Waals surface area (Å²) in [6.45, 7) is 2.01. The Morgan fingerprint density at radius 3 is 2.22 bits per heavy atom. The summed E-state index contributed by atoms with van der Waals surface area (Å²) in [5.41, 5.74) is 2.00. The summed E-state index contributed by atoms with van der Waals surface area (Å²) in [4.78, 5) is 25.4. The van der Waals surface area contributed by atoms with Crippen LogP contribution in [-0.2, 0) is 23.8 Å². The molecule has 0 aliphatic carbocycles. The molecule has 32 heavy (non-hydrogen) atoms. The Hall–Kier alpha value is -3.45. The summed E-state index contributed by atoms with van der Waals surface area (Å²) in [6, 6.07) is 17.1. The first-order chi connectivity index (χ1) is 15.5. The molecule has 0 spiro atoms. The Labute approximate surface area is 186 Å². The topological polar surface area (TPSA) is 73.9 Å². The predicted molar refractivity (Wildman–Crippen MR) is 119 cm³/mol. The quantitative estimate of drug-likeness (QED) is 0.540. The van der Waals surface area contributed by atoms with Gasteiger partial charge in [-0.15, -0.1) is 0 Å². The molecule has 0 amide bonds. The molecular weight excluding hydrogens is 413 g/mol. The van der Waals surface area contributed by atoms with Gasteiger partial charge in [0.25, 0.3) is 0 Å². The second kappa shape index (κ2) is 9.78. The molecule has 0 saturated heterocycles. The second-order valence-electron chi connectivity index (χ2n) is 7.32. The lowest BCUT2D eigenvalue weighted by Crippen LogP contribution is -2.42. The maximum absolute atomic E-state index is 12.9. The number of ether oxygens (including phenoxy) is 3. The van der Waals surface area contributed by atoms with Crippen LogP contribution in [0.15, 0.2) is 77.9 Å².